The van der Waals surface area contributed by atoms with Crippen molar-refractivity contribution in [3.63, 3.8) is 0 Å². The molecule has 8 nitrogen and oxygen atoms in total. The topological polar surface area (TPSA) is 137 Å². The summed E-state index contributed by atoms with van der Waals surface area (Å²) < 4.78 is 69.5. The molecular formula is MoO8. The summed E-state index contributed by atoms with van der Waals surface area (Å²) in [5.41, 5.74) is 0. The van der Waals surface area contributed by atoms with Gasteiger partial charge in [0.25, 0.3) is 0 Å². The predicted octanol–water partition coefficient (Wildman–Crippen LogP) is -0.953. The Kier molecular flexibility index (Phi) is 0.322. The van der Waals surface area contributed by atoms with Gasteiger partial charge >= 0.3 is 37.9 Å². The first kappa shape index (κ1) is 8.09. The zero-order valence-corrected chi connectivity index (χ0v) is 5.68. The Hall–Kier alpha value is -0.912. The maximum atomic E-state index is 8.69. The summed E-state index contributed by atoms with van der Waals surface area (Å²) in [4.78, 5) is 0. The van der Waals surface area contributed by atoms with Crippen LogP contribution in [0.2, 0.25) is 0 Å². The zero-order valence-electron chi connectivity index (χ0n) is 3.67. The van der Waals surface area contributed by atoms with Crippen LogP contribution in [0, 0.1) is 0 Å². The van der Waals surface area contributed by atoms with Crippen LogP contribution in [0.5, 0.6) is 0 Å². The van der Waals surface area contributed by atoms with Gasteiger partial charge in [-0.1, -0.05) is 0 Å². The van der Waals surface area contributed by atoms with E-state index in [0.29, 0.717) is 0 Å². The molecule has 0 N–H and O–H groups in total. The average Bonchev–Trinajstić information content (AvgIpc) is 0.503. The Balaban J connectivity index is 11.7. The van der Waals surface area contributed by atoms with E-state index >= 15 is 0 Å². The van der Waals surface area contributed by atoms with Gasteiger partial charge in [-0.2, -0.15) is 0 Å². The van der Waals surface area contributed by atoms with E-state index in [1.165, 1.54) is 0 Å². The molecule has 0 aromatic rings. The van der Waals surface area contributed by atoms with Crippen LogP contribution in [0.1, 0.15) is 0 Å². The van der Waals surface area contributed by atoms with Gasteiger partial charge in [-0.25, -0.2) is 0 Å². The third-order valence-electron chi connectivity index (χ3n) is 0. The molecule has 0 saturated heterocycles. The quantitative estimate of drug-likeness (QED) is 0.480. The van der Waals surface area contributed by atoms with Gasteiger partial charge in [-0.05, 0) is 0 Å². The molecule has 0 bridgehead atoms. The molecule has 54 valence electrons. The fourth-order valence-corrected chi connectivity index (χ4v) is 0. The SMILES string of the molecule is [O]=[Mo](=[O])(=[O])(=[O])(=[O])(=[O])(=[O])=[O]. The average molecular weight is 224 g/mol. The first-order valence-corrected chi connectivity index (χ1v) is 7.89. The van der Waals surface area contributed by atoms with Crippen molar-refractivity contribution in [2.45, 2.75) is 0 Å². The fraction of sp³-hybridized carbons (Fsp3) is 0. The van der Waals surface area contributed by atoms with Crippen molar-refractivity contribution in [3.8, 4) is 0 Å². The van der Waals surface area contributed by atoms with Crippen molar-refractivity contribution >= 4 is 0 Å². The van der Waals surface area contributed by atoms with Crippen molar-refractivity contribution in [2.24, 2.45) is 0 Å². The number of hydrogen-bond donors (Lipinski definition) is 0. The van der Waals surface area contributed by atoms with Gasteiger partial charge in [0, 0.05) is 0 Å². The molecule has 0 fully saturated rings. The normalized spacial score (nSPS) is 16.0. The third-order valence-corrected chi connectivity index (χ3v) is 0. The van der Waals surface area contributed by atoms with Crippen LogP contribution in [-0.2, 0) is 37.9 Å². The minimum absolute atomic E-state index is 8.69. The van der Waals surface area contributed by atoms with Gasteiger partial charge in [-0.3, -0.25) is 0 Å². The maximum absolute atomic E-state index is 13.3. The molecule has 0 heterocycles. The van der Waals surface area contributed by atoms with Crippen molar-refractivity contribution in [3.05, 3.63) is 0 Å². The van der Waals surface area contributed by atoms with Gasteiger partial charge < -0.3 is 0 Å². The summed E-state index contributed by atoms with van der Waals surface area (Å²) in [5, 5.41) is 0. The van der Waals surface area contributed by atoms with Crippen molar-refractivity contribution < 1.29 is 37.9 Å². The second-order valence-corrected chi connectivity index (χ2v) is 11.3. The summed E-state index contributed by atoms with van der Waals surface area (Å²) in [6.07, 6.45) is 0. The Labute approximate surface area is 38.7 Å². The Morgan fingerprint density at radius 2 is 0.444 bits per heavy atom. The molecular weight excluding hydrogens is 224 g/mol. The van der Waals surface area contributed by atoms with Gasteiger partial charge in [0.05, 0.1) is 0 Å². The van der Waals surface area contributed by atoms with E-state index in [-0.39, 0.29) is 0 Å². The van der Waals surface area contributed by atoms with Gasteiger partial charge in [0.1, 0.15) is 0 Å². The van der Waals surface area contributed by atoms with Crippen LogP contribution in [0.15, 0.2) is 0 Å². The van der Waals surface area contributed by atoms with E-state index in [1.807, 2.05) is 0 Å². The number of hydrogen-bond acceptors (Lipinski definition) is 8. The second-order valence-electron chi connectivity index (χ2n) is 1.91. The molecule has 0 rings (SSSR count). The van der Waals surface area contributed by atoms with E-state index in [1.54, 1.807) is 0 Å². The van der Waals surface area contributed by atoms with Crippen LogP contribution in [0.25, 0.3) is 0 Å². The molecule has 0 aromatic carbocycles. The Morgan fingerprint density at radius 3 is 0.444 bits per heavy atom. The van der Waals surface area contributed by atoms with E-state index in [4.69, 9.17) is 27.2 Å². The summed E-state index contributed by atoms with van der Waals surface area (Å²) >= 11 is 0. The van der Waals surface area contributed by atoms with Crippen LogP contribution in [-0.4, -0.2) is 0 Å². The zero-order chi connectivity index (χ0) is 8.35. The van der Waals surface area contributed by atoms with Crippen LogP contribution in [0.3, 0.4) is 0 Å². The van der Waals surface area contributed by atoms with E-state index < -0.39 is 10.8 Å². The molecule has 0 aromatic heterocycles. The number of rotatable bonds is 0. The molecule has 0 aliphatic carbocycles. The molecule has 0 amide bonds. The molecule has 9 heavy (non-hydrogen) atoms. The Bertz CT molecular complexity index is 876. The molecule has 0 aliphatic rings. The summed E-state index contributed by atoms with van der Waals surface area (Å²) in [5.74, 6) is 0. The summed E-state index contributed by atoms with van der Waals surface area (Å²) in [7, 11) is -13.3. The van der Waals surface area contributed by atoms with Crippen molar-refractivity contribution in [1.82, 2.24) is 0 Å². The molecule has 0 atom stereocenters. The predicted molar refractivity (Wildman–Crippen MR) is 5.49 cm³/mol. The van der Waals surface area contributed by atoms with Crippen molar-refractivity contribution in [1.29, 1.82) is 0 Å². The van der Waals surface area contributed by atoms with E-state index in [9.17, 15) is 0 Å². The molecule has 9 heteroatoms. The monoisotopic (exact) mass is 226 g/mol. The fourth-order valence-electron chi connectivity index (χ4n) is 0. The standard InChI is InChI=1S/Mo.8O. The van der Waals surface area contributed by atoms with Crippen LogP contribution < -0.4 is 0 Å². The summed E-state index contributed by atoms with van der Waals surface area (Å²) in [6, 6.07) is 0. The molecule has 0 unspecified atom stereocenters. The van der Waals surface area contributed by atoms with Crippen molar-refractivity contribution in [2.75, 3.05) is 0 Å². The summed E-state index contributed by atoms with van der Waals surface area (Å²) in [6.45, 7) is 0. The first-order chi connectivity index (χ1) is 2.83. The van der Waals surface area contributed by atoms with Gasteiger partial charge in [0.15, 0.2) is 0 Å². The second kappa shape index (κ2) is 0.358. The molecule has 0 saturated carbocycles. The molecule has 0 radical (unpaired) electrons. The van der Waals surface area contributed by atoms with Gasteiger partial charge in [-0.15, -0.1) is 0 Å². The molecule has 0 aliphatic heterocycles. The van der Waals surface area contributed by atoms with Crippen LogP contribution >= 0.6 is 0 Å². The van der Waals surface area contributed by atoms with E-state index in [0.717, 1.165) is 0 Å². The Morgan fingerprint density at radius 1 is 0.444 bits per heavy atom. The third kappa shape index (κ3) is 221. The molecule has 0 spiro atoms. The first-order valence-electron chi connectivity index (χ1n) is 1.33. The van der Waals surface area contributed by atoms with E-state index in [2.05, 4.69) is 0 Å². The minimum atomic E-state index is -13.3. The van der Waals surface area contributed by atoms with Crippen LogP contribution in [0.4, 0.5) is 0 Å². The van der Waals surface area contributed by atoms with Gasteiger partial charge in [0.2, 0.25) is 0 Å².